The molecular weight excluding hydrogens is 398 g/mol. The maximum atomic E-state index is 13.2. The van der Waals surface area contributed by atoms with Crippen LogP contribution in [0.3, 0.4) is 0 Å². The van der Waals surface area contributed by atoms with Gasteiger partial charge in [0.05, 0.1) is 33.6 Å². The van der Waals surface area contributed by atoms with Crippen LogP contribution in [-0.2, 0) is 26.0 Å². The van der Waals surface area contributed by atoms with Gasteiger partial charge in [0.2, 0.25) is 10.0 Å². The average molecular weight is 421 g/mol. The van der Waals surface area contributed by atoms with E-state index in [0.717, 1.165) is 24.2 Å². The van der Waals surface area contributed by atoms with Crippen LogP contribution < -0.4 is 14.2 Å². The molecule has 0 amide bonds. The van der Waals surface area contributed by atoms with Crippen molar-refractivity contribution in [2.75, 3.05) is 21.3 Å². The Kier molecular flexibility index (Phi) is 6.29. The minimum absolute atomic E-state index is 0.0819. The van der Waals surface area contributed by atoms with Crippen molar-refractivity contribution >= 4 is 22.1 Å². The number of sulfonamides is 1. The summed E-state index contributed by atoms with van der Waals surface area (Å²) < 4.78 is 49.8. The normalized spacial score (nSPS) is 16.4. The van der Waals surface area contributed by atoms with Gasteiger partial charge < -0.3 is 18.6 Å². The largest absolute Gasteiger partial charge is 0.493 e. The number of carbonyl (C=O) groups excluding carboxylic acids is 1. The van der Waals surface area contributed by atoms with E-state index < -0.39 is 22.0 Å². The topological polar surface area (TPSA) is 104 Å². The lowest BCUT2D eigenvalue weighted by molar-refractivity contribution is -0.134. The van der Waals surface area contributed by atoms with Crippen molar-refractivity contribution in [3.05, 3.63) is 47.4 Å². The molecule has 1 aromatic heterocycles. The zero-order chi connectivity index (χ0) is 21.0. The van der Waals surface area contributed by atoms with Crippen molar-refractivity contribution in [3.63, 3.8) is 0 Å². The zero-order valence-corrected chi connectivity index (χ0v) is 17.2. The number of hydrogen-bond acceptors (Lipinski definition) is 7. The smallest absolute Gasteiger partial charge is 0.330 e. The van der Waals surface area contributed by atoms with Crippen LogP contribution in [0, 0.1) is 0 Å². The van der Waals surface area contributed by atoms with Crippen molar-refractivity contribution in [2.45, 2.75) is 30.2 Å². The van der Waals surface area contributed by atoms with Crippen molar-refractivity contribution in [1.29, 1.82) is 0 Å². The highest BCUT2D eigenvalue weighted by Crippen LogP contribution is 2.38. The van der Waals surface area contributed by atoms with Crippen molar-refractivity contribution in [3.8, 4) is 11.5 Å². The van der Waals surface area contributed by atoms with Gasteiger partial charge in [0.15, 0.2) is 11.5 Å². The summed E-state index contributed by atoms with van der Waals surface area (Å²) >= 11 is 0. The molecule has 0 spiro atoms. The van der Waals surface area contributed by atoms with Crippen LogP contribution in [0.5, 0.6) is 11.5 Å². The number of ether oxygens (including phenoxy) is 3. The number of methoxy groups -OCH3 is 3. The molecule has 0 saturated heterocycles. The van der Waals surface area contributed by atoms with E-state index in [0.29, 0.717) is 12.0 Å². The van der Waals surface area contributed by atoms with E-state index in [2.05, 4.69) is 9.46 Å². The molecule has 1 unspecified atom stereocenters. The molecule has 1 aliphatic rings. The summed E-state index contributed by atoms with van der Waals surface area (Å²) in [5.41, 5.74) is 1.29. The van der Waals surface area contributed by atoms with Crippen LogP contribution >= 0.6 is 0 Å². The first-order chi connectivity index (χ1) is 13.9. The second-order valence-electron chi connectivity index (χ2n) is 6.48. The molecule has 1 aliphatic carbocycles. The van der Waals surface area contributed by atoms with Gasteiger partial charge in [-0.05, 0) is 42.7 Å². The lowest BCUT2D eigenvalue weighted by Crippen LogP contribution is -2.31. The molecule has 0 saturated carbocycles. The molecule has 3 rings (SSSR count). The highest BCUT2D eigenvalue weighted by molar-refractivity contribution is 7.89. The molecule has 8 nitrogen and oxygen atoms in total. The minimum Gasteiger partial charge on any atom is -0.493 e. The monoisotopic (exact) mass is 421 g/mol. The fraction of sp³-hybridized carbons (Fsp3) is 0.350. The highest BCUT2D eigenvalue weighted by atomic mass is 32.2. The summed E-state index contributed by atoms with van der Waals surface area (Å²) in [6.07, 6.45) is 6.47. The van der Waals surface area contributed by atoms with Gasteiger partial charge in [0.1, 0.15) is 10.7 Å². The molecule has 0 fully saturated rings. The number of fused-ring (bicyclic) bond motifs is 1. The number of hydrogen-bond donors (Lipinski definition) is 1. The van der Waals surface area contributed by atoms with Gasteiger partial charge in [-0.15, -0.1) is 0 Å². The predicted octanol–water partition coefficient (Wildman–Crippen LogP) is 2.84. The molecule has 0 bridgehead atoms. The third-order valence-corrected chi connectivity index (χ3v) is 6.20. The number of aryl methyl sites for hydroxylation is 1. The first-order valence-electron chi connectivity index (χ1n) is 9.00. The van der Waals surface area contributed by atoms with Gasteiger partial charge in [-0.2, -0.15) is 0 Å². The maximum Gasteiger partial charge on any atom is 0.330 e. The summed E-state index contributed by atoms with van der Waals surface area (Å²) in [6, 6.07) is 4.39. The second kappa shape index (κ2) is 8.71. The van der Waals surface area contributed by atoms with Crippen LogP contribution in [0.15, 0.2) is 39.9 Å². The molecule has 29 heavy (non-hydrogen) atoms. The summed E-state index contributed by atoms with van der Waals surface area (Å²) in [6.45, 7) is 0. The Bertz CT molecular complexity index is 1020. The lowest BCUT2D eigenvalue weighted by atomic mass is 9.94. The van der Waals surface area contributed by atoms with Crippen molar-refractivity contribution in [1.82, 2.24) is 4.72 Å². The number of rotatable bonds is 7. The van der Waals surface area contributed by atoms with Crippen LogP contribution in [0.2, 0.25) is 0 Å². The maximum absolute atomic E-state index is 13.2. The average Bonchev–Trinajstić information content (AvgIpc) is 3.20. The number of carbonyl (C=O) groups is 1. The molecule has 1 aromatic carbocycles. The molecule has 156 valence electrons. The Labute approximate surface area is 169 Å². The quantitative estimate of drug-likeness (QED) is 0.541. The Morgan fingerprint density at radius 1 is 1.24 bits per heavy atom. The fourth-order valence-corrected chi connectivity index (χ4v) is 4.80. The molecule has 0 aliphatic heterocycles. The van der Waals surface area contributed by atoms with Gasteiger partial charge in [0.25, 0.3) is 0 Å². The molecule has 9 heteroatoms. The summed E-state index contributed by atoms with van der Waals surface area (Å²) in [4.78, 5) is 11.3. The first-order valence-corrected chi connectivity index (χ1v) is 10.5. The van der Waals surface area contributed by atoms with E-state index in [9.17, 15) is 13.2 Å². The van der Waals surface area contributed by atoms with Gasteiger partial charge in [-0.1, -0.05) is 0 Å². The van der Waals surface area contributed by atoms with Crippen LogP contribution in [0.1, 0.15) is 35.8 Å². The fourth-order valence-electron chi connectivity index (χ4n) is 3.34. The SMILES string of the molecule is COC(=O)/C=C/c1cc(OC)c(OC)c(S(=O)(=O)NC2CCCc3occc32)c1. The number of benzene rings is 1. The van der Waals surface area contributed by atoms with E-state index in [4.69, 9.17) is 13.9 Å². The minimum atomic E-state index is -3.97. The summed E-state index contributed by atoms with van der Waals surface area (Å²) in [5.74, 6) is 0.547. The third kappa shape index (κ3) is 4.46. The van der Waals surface area contributed by atoms with Gasteiger partial charge in [0, 0.05) is 18.1 Å². The Hall–Kier alpha value is -2.78. The first kappa shape index (κ1) is 20.9. The van der Waals surface area contributed by atoms with Crippen LogP contribution in [0.25, 0.3) is 6.08 Å². The van der Waals surface area contributed by atoms with Crippen molar-refractivity contribution < 1.29 is 31.8 Å². The second-order valence-corrected chi connectivity index (χ2v) is 8.16. The molecule has 1 heterocycles. The molecular formula is C20H23NO7S. The zero-order valence-electron chi connectivity index (χ0n) is 16.4. The number of nitrogens with one attached hydrogen (secondary N) is 1. The molecule has 1 N–H and O–H groups in total. The Balaban J connectivity index is 2.01. The molecule has 0 radical (unpaired) electrons. The lowest BCUT2D eigenvalue weighted by Gasteiger charge is -2.23. The summed E-state index contributed by atoms with van der Waals surface area (Å²) in [5, 5.41) is 0. The van der Waals surface area contributed by atoms with E-state index >= 15 is 0 Å². The predicted molar refractivity (Wildman–Crippen MR) is 105 cm³/mol. The van der Waals surface area contributed by atoms with E-state index in [1.165, 1.54) is 39.5 Å². The van der Waals surface area contributed by atoms with Gasteiger partial charge >= 0.3 is 5.97 Å². The third-order valence-electron chi connectivity index (χ3n) is 4.72. The van der Waals surface area contributed by atoms with E-state index in [1.54, 1.807) is 18.4 Å². The number of esters is 1. The van der Waals surface area contributed by atoms with E-state index in [1.807, 2.05) is 0 Å². The van der Waals surface area contributed by atoms with E-state index in [-0.39, 0.29) is 16.4 Å². The standard InChI is InChI=1S/C20H23NO7S/c1-25-17-11-13(7-8-19(22)26-2)12-18(20(17)27-3)29(23,24)21-15-5-4-6-16-14(15)9-10-28-16/h7-12,15,21H,4-6H2,1-3H3/b8-7+. The molecule has 1 atom stereocenters. The molecule has 2 aromatic rings. The summed E-state index contributed by atoms with van der Waals surface area (Å²) in [7, 11) is 0.0718. The van der Waals surface area contributed by atoms with Gasteiger partial charge in [-0.25, -0.2) is 17.9 Å². The van der Waals surface area contributed by atoms with Gasteiger partial charge in [-0.3, -0.25) is 0 Å². The van der Waals surface area contributed by atoms with Crippen LogP contribution in [-0.4, -0.2) is 35.7 Å². The number of furan rings is 1. The van der Waals surface area contributed by atoms with Crippen LogP contribution in [0.4, 0.5) is 0 Å². The Morgan fingerprint density at radius 3 is 2.72 bits per heavy atom. The highest BCUT2D eigenvalue weighted by Gasteiger charge is 2.30. The van der Waals surface area contributed by atoms with Crippen molar-refractivity contribution in [2.24, 2.45) is 0 Å². The Morgan fingerprint density at radius 2 is 2.03 bits per heavy atom.